The van der Waals surface area contributed by atoms with Gasteiger partial charge in [0.05, 0.1) is 0 Å². The first-order chi connectivity index (χ1) is 8.61. The number of rotatable bonds is 3. The van der Waals surface area contributed by atoms with E-state index < -0.39 is 12.2 Å². The van der Waals surface area contributed by atoms with Gasteiger partial charge in [-0.05, 0) is 39.6 Å². The van der Waals surface area contributed by atoms with E-state index in [9.17, 15) is 9.90 Å². The van der Waals surface area contributed by atoms with Gasteiger partial charge in [0.25, 0.3) is 0 Å². The van der Waals surface area contributed by atoms with Gasteiger partial charge in [-0.2, -0.15) is 0 Å². The monoisotopic (exact) mass is 398 g/mol. The highest BCUT2D eigenvalue weighted by Gasteiger charge is 2.29. The molecule has 5 nitrogen and oxygen atoms in total. The Bertz CT molecular complexity index is 489. The topological polar surface area (TPSA) is 85.4 Å². The molecule has 7 heteroatoms. The van der Waals surface area contributed by atoms with E-state index in [-0.39, 0.29) is 16.3 Å². The molecule has 1 heterocycles. The Morgan fingerprint density at radius 1 is 1.63 bits per heavy atom. The number of ether oxygens (including phenoxy) is 1. The maximum atomic E-state index is 11.0. The van der Waals surface area contributed by atoms with Crippen molar-refractivity contribution in [1.82, 2.24) is 4.98 Å². The highest BCUT2D eigenvalue weighted by atomic mass is 127. The molecule has 0 unspecified atom stereocenters. The minimum absolute atomic E-state index is 0.0521. The summed E-state index contributed by atoms with van der Waals surface area (Å²) in [5, 5.41) is 9.64. The second kappa shape index (κ2) is 6.13. The van der Waals surface area contributed by atoms with Crippen LogP contribution in [-0.2, 0) is 11.2 Å². The van der Waals surface area contributed by atoms with Crippen molar-refractivity contribution in [1.29, 1.82) is 0 Å². The van der Waals surface area contributed by atoms with Gasteiger partial charge in [-0.15, -0.1) is 0 Å². The molecule has 0 aromatic carbocycles. The zero-order chi connectivity index (χ0) is 14.8. The molecule has 106 valence electrons. The third-order valence-corrected chi connectivity index (χ3v) is 3.83. The Hall–Kier alpha value is -0.760. The lowest BCUT2D eigenvalue weighted by atomic mass is 9.85. The smallest absolute Gasteiger partial charge is 0.404 e. The standard InChI is InChI=1S/C12H16ClIN2O3/c1-12(2,3)8(19-11(15)18)5-6-4-7(17)9(13)16-10(6)14/h4,8,17H,5H2,1-3H3,(H2,15,18)/t8-/m1/s1. The van der Waals surface area contributed by atoms with Gasteiger partial charge in [0.15, 0.2) is 10.9 Å². The lowest BCUT2D eigenvalue weighted by molar-refractivity contribution is 0.0372. The van der Waals surface area contributed by atoms with Crippen LogP contribution in [0.3, 0.4) is 0 Å². The predicted molar refractivity (Wildman–Crippen MR) is 81.2 cm³/mol. The zero-order valence-corrected chi connectivity index (χ0v) is 13.8. The first-order valence-corrected chi connectivity index (χ1v) is 7.07. The molecule has 0 saturated heterocycles. The average Bonchev–Trinajstić information content (AvgIpc) is 2.22. The minimum Gasteiger partial charge on any atom is -0.505 e. The first kappa shape index (κ1) is 16.3. The highest BCUT2D eigenvalue weighted by Crippen LogP contribution is 2.30. The first-order valence-electron chi connectivity index (χ1n) is 5.61. The summed E-state index contributed by atoms with van der Waals surface area (Å²) in [5.41, 5.74) is 5.56. The molecule has 0 aliphatic rings. The number of carbonyl (C=O) groups excluding carboxylic acids is 1. The SMILES string of the molecule is CC(C)(C)[C@@H](Cc1cc(O)c(Cl)nc1I)OC(N)=O. The van der Waals surface area contributed by atoms with E-state index in [1.54, 1.807) is 0 Å². The van der Waals surface area contributed by atoms with E-state index in [2.05, 4.69) is 4.98 Å². The van der Waals surface area contributed by atoms with Crippen LogP contribution < -0.4 is 5.73 Å². The van der Waals surface area contributed by atoms with Crippen molar-refractivity contribution < 1.29 is 14.6 Å². The summed E-state index contributed by atoms with van der Waals surface area (Å²) in [4.78, 5) is 15.0. The van der Waals surface area contributed by atoms with E-state index >= 15 is 0 Å². The Morgan fingerprint density at radius 3 is 2.68 bits per heavy atom. The van der Waals surface area contributed by atoms with Crippen LogP contribution in [0.25, 0.3) is 0 Å². The Balaban J connectivity index is 3.03. The fourth-order valence-electron chi connectivity index (χ4n) is 1.51. The van der Waals surface area contributed by atoms with Crippen LogP contribution >= 0.6 is 34.2 Å². The lowest BCUT2D eigenvalue weighted by Gasteiger charge is -2.30. The Labute approximate surface area is 130 Å². The van der Waals surface area contributed by atoms with E-state index in [1.807, 2.05) is 43.4 Å². The summed E-state index contributed by atoms with van der Waals surface area (Å²) in [7, 11) is 0. The van der Waals surface area contributed by atoms with Gasteiger partial charge in [-0.3, -0.25) is 0 Å². The van der Waals surface area contributed by atoms with Gasteiger partial charge in [0.2, 0.25) is 0 Å². The molecule has 1 aromatic heterocycles. The van der Waals surface area contributed by atoms with E-state index in [0.717, 1.165) is 5.56 Å². The second-order valence-electron chi connectivity index (χ2n) is 5.24. The third-order valence-electron chi connectivity index (χ3n) is 2.61. The summed E-state index contributed by atoms with van der Waals surface area (Å²) in [6.07, 6.45) is -0.829. The minimum atomic E-state index is -0.818. The number of hydrogen-bond acceptors (Lipinski definition) is 4. The number of carbonyl (C=O) groups is 1. The lowest BCUT2D eigenvalue weighted by Crippen LogP contribution is -2.35. The van der Waals surface area contributed by atoms with E-state index in [1.165, 1.54) is 6.07 Å². The van der Waals surface area contributed by atoms with E-state index in [0.29, 0.717) is 10.1 Å². The molecule has 1 aromatic rings. The number of amides is 1. The molecule has 0 aliphatic heterocycles. The number of pyridine rings is 1. The van der Waals surface area contributed by atoms with Gasteiger partial charge in [0, 0.05) is 6.42 Å². The number of halogens is 2. The maximum absolute atomic E-state index is 11.0. The zero-order valence-electron chi connectivity index (χ0n) is 10.9. The normalized spacial score (nSPS) is 13.1. The summed E-state index contributed by atoms with van der Waals surface area (Å²) in [6.45, 7) is 5.82. The molecule has 1 atom stereocenters. The number of nitrogens with zero attached hydrogens (tertiary/aromatic N) is 1. The van der Waals surface area contributed by atoms with Crippen molar-refractivity contribution in [3.05, 3.63) is 20.5 Å². The van der Waals surface area contributed by atoms with Crippen LogP contribution in [0.1, 0.15) is 26.3 Å². The molecule has 19 heavy (non-hydrogen) atoms. The molecule has 3 N–H and O–H groups in total. The van der Waals surface area contributed by atoms with Gasteiger partial charge >= 0.3 is 6.09 Å². The molecule has 0 aliphatic carbocycles. The quantitative estimate of drug-likeness (QED) is 0.605. The fourth-order valence-corrected chi connectivity index (χ4v) is 2.41. The van der Waals surface area contributed by atoms with Crippen LogP contribution in [0.15, 0.2) is 6.07 Å². The van der Waals surface area contributed by atoms with Gasteiger partial charge in [-0.25, -0.2) is 9.78 Å². The van der Waals surface area contributed by atoms with Gasteiger partial charge in [0.1, 0.15) is 9.80 Å². The van der Waals surface area contributed by atoms with Crippen LogP contribution in [0.5, 0.6) is 5.75 Å². The molecular formula is C12H16ClIN2O3. The second-order valence-corrected chi connectivity index (χ2v) is 6.62. The Kier molecular flexibility index (Phi) is 5.26. The van der Waals surface area contributed by atoms with Gasteiger partial charge in [-0.1, -0.05) is 32.4 Å². The molecular weight excluding hydrogens is 383 g/mol. The van der Waals surface area contributed by atoms with Crippen molar-refractivity contribution in [3.8, 4) is 5.75 Å². The molecule has 0 saturated carbocycles. The number of aromatic hydroxyl groups is 1. The predicted octanol–water partition coefficient (Wildman–Crippen LogP) is 3.10. The average molecular weight is 399 g/mol. The molecule has 0 fully saturated rings. The van der Waals surface area contributed by atoms with Crippen molar-refractivity contribution in [2.45, 2.75) is 33.3 Å². The van der Waals surface area contributed by atoms with Crippen LogP contribution in [0, 0.1) is 9.12 Å². The highest BCUT2D eigenvalue weighted by molar-refractivity contribution is 14.1. The molecule has 0 bridgehead atoms. The summed E-state index contributed by atoms with van der Waals surface area (Å²) >= 11 is 7.74. The summed E-state index contributed by atoms with van der Waals surface area (Å²) in [5.74, 6) is -0.0937. The van der Waals surface area contributed by atoms with Crippen molar-refractivity contribution >= 4 is 40.3 Å². The molecule has 1 amide bonds. The summed E-state index contributed by atoms with van der Waals surface area (Å²) in [6, 6.07) is 1.53. The fraction of sp³-hybridized carbons (Fsp3) is 0.500. The Morgan fingerprint density at radius 2 is 2.21 bits per heavy atom. The number of aromatic nitrogens is 1. The maximum Gasteiger partial charge on any atom is 0.404 e. The number of hydrogen-bond donors (Lipinski definition) is 2. The number of primary amides is 1. The molecule has 0 radical (unpaired) electrons. The van der Waals surface area contributed by atoms with Gasteiger partial charge < -0.3 is 15.6 Å². The third kappa shape index (κ3) is 4.68. The van der Waals surface area contributed by atoms with Crippen LogP contribution in [0.4, 0.5) is 4.79 Å². The van der Waals surface area contributed by atoms with Crippen molar-refractivity contribution in [3.63, 3.8) is 0 Å². The van der Waals surface area contributed by atoms with Crippen LogP contribution in [0.2, 0.25) is 5.15 Å². The van der Waals surface area contributed by atoms with Crippen LogP contribution in [-0.4, -0.2) is 22.3 Å². The molecule has 0 spiro atoms. The van der Waals surface area contributed by atoms with Crippen molar-refractivity contribution in [2.75, 3.05) is 0 Å². The van der Waals surface area contributed by atoms with Crippen molar-refractivity contribution in [2.24, 2.45) is 11.1 Å². The molecule has 1 rings (SSSR count). The summed E-state index contributed by atoms with van der Waals surface area (Å²) < 4.78 is 5.79. The number of nitrogens with two attached hydrogens (primary N) is 1. The largest absolute Gasteiger partial charge is 0.505 e. The van der Waals surface area contributed by atoms with E-state index in [4.69, 9.17) is 22.1 Å².